The second-order valence-electron chi connectivity index (χ2n) is 4.18. The van der Waals surface area contributed by atoms with Crippen LogP contribution in [0.15, 0.2) is 24.3 Å². The Morgan fingerprint density at radius 1 is 1.44 bits per heavy atom. The number of aliphatic hydroxyl groups is 1. The molecule has 2 rings (SSSR count). The first-order chi connectivity index (χ1) is 8.70. The van der Waals surface area contributed by atoms with Crippen molar-refractivity contribution in [2.75, 3.05) is 0 Å². The third-order valence-electron chi connectivity index (χ3n) is 2.69. The molecule has 1 heterocycles. The Morgan fingerprint density at radius 3 is 3.00 bits per heavy atom. The predicted octanol–water partition coefficient (Wildman–Crippen LogP) is 2.91. The van der Waals surface area contributed by atoms with Gasteiger partial charge in [-0.2, -0.15) is 0 Å². The molecule has 0 amide bonds. The van der Waals surface area contributed by atoms with Crippen molar-refractivity contribution >= 4 is 11.5 Å². The molecular weight excluding hydrogens is 251 g/mol. The first-order valence-electron chi connectivity index (χ1n) is 5.94. The molecule has 2 aromatic rings. The molecule has 0 aliphatic rings. The first kappa shape index (κ1) is 13.1. The molecule has 1 unspecified atom stereocenters. The summed E-state index contributed by atoms with van der Waals surface area (Å²) in [6.45, 7) is 2.06. The van der Waals surface area contributed by atoms with Crippen molar-refractivity contribution in [1.29, 1.82) is 0 Å². The van der Waals surface area contributed by atoms with E-state index in [4.69, 9.17) is 0 Å². The van der Waals surface area contributed by atoms with Crippen LogP contribution in [0.2, 0.25) is 0 Å². The van der Waals surface area contributed by atoms with E-state index in [1.54, 1.807) is 12.1 Å². The van der Waals surface area contributed by atoms with Crippen molar-refractivity contribution in [3.05, 3.63) is 46.2 Å². The number of aryl methyl sites for hydroxylation is 1. The van der Waals surface area contributed by atoms with Gasteiger partial charge in [0.15, 0.2) is 0 Å². The lowest BCUT2D eigenvalue weighted by molar-refractivity contribution is 0.181. The van der Waals surface area contributed by atoms with Gasteiger partial charge in [0.05, 0.1) is 16.7 Å². The maximum absolute atomic E-state index is 13.1. The molecule has 1 atom stereocenters. The normalized spacial score (nSPS) is 12.6. The van der Waals surface area contributed by atoms with Crippen LogP contribution < -0.4 is 0 Å². The lowest BCUT2D eigenvalue weighted by atomic mass is 10.0. The lowest BCUT2D eigenvalue weighted by Gasteiger charge is -2.09. The van der Waals surface area contributed by atoms with Gasteiger partial charge < -0.3 is 5.11 Å². The van der Waals surface area contributed by atoms with Crippen LogP contribution in [0, 0.1) is 5.82 Å². The molecule has 0 aliphatic carbocycles. The van der Waals surface area contributed by atoms with Crippen LogP contribution in [-0.4, -0.2) is 14.7 Å². The summed E-state index contributed by atoms with van der Waals surface area (Å²) in [5, 5.41) is 14.2. The minimum Gasteiger partial charge on any atom is -0.387 e. The number of nitrogens with zero attached hydrogens (tertiary/aromatic N) is 2. The van der Waals surface area contributed by atoms with Crippen LogP contribution in [0.4, 0.5) is 4.39 Å². The van der Waals surface area contributed by atoms with E-state index in [0.717, 1.165) is 29.0 Å². The Morgan fingerprint density at radius 2 is 2.28 bits per heavy atom. The standard InChI is InChI=1S/C13H15FN2OS/c1-2-4-11-13(18-16-15-11)12(17)8-9-5-3-6-10(14)7-9/h3,5-7,12,17H,2,4,8H2,1H3. The van der Waals surface area contributed by atoms with Gasteiger partial charge >= 0.3 is 0 Å². The third-order valence-corrected chi connectivity index (χ3v) is 3.56. The van der Waals surface area contributed by atoms with Crippen molar-refractivity contribution in [1.82, 2.24) is 9.59 Å². The Kier molecular flexibility index (Phi) is 4.38. The van der Waals surface area contributed by atoms with E-state index in [1.807, 2.05) is 0 Å². The molecular formula is C13H15FN2OS. The Labute approximate surface area is 109 Å². The van der Waals surface area contributed by atoms with Crippen molar-refractivity contribution in [3.63, 3.8) is 0 Å². The minimum atomic E-state index is -0.659. The highest BCUT2D eigenvalue weighted by molar-refractivity contribution is 7.05. The van der Waals surface area contributed by atoms with Gasteiger partial charge in [-0.3, -0.25) is 0 Å². The average Bonchev–Trinajstić information content (AvgIpc) is 2.78. The van der Waals surface area contributed by atoms with Crippen molar-refractivity contribution in [3.8, 4) is 0 Å². The Hall–Kier alpha value is -1.33. The van der Waals surface area contributed by atoms with Crippen LogP contribution in [-0.2, 0) is 12.8 Å². The van der Waals surface area contributed by atoms with Crippen molar-refractivity contribution < 1.29 is 9.50 Å². The zero-order valence-electron chi connectivity index (χ0n) is 10.1. The van der Waals surface area contributed by atoms with E-state index in [9.17, 15) is 9.50 Å². The molecule has 18 heavy (non-hydrogen) atoms. The van der Waals surface area contributed by atoms with E-state index in [0.29, 0.717) is 6.42 Å². The fraction of sp³-hybridized carbons (Fsp3) is 0.385. The molecule has 0 saturated carbocycles. The molecule has 0 spiro atoms. The zero-order valence-corrected chi connectivity index (χ0v) is 11.0. The van der Waals surface area contributed by atoms with Crippen LogP contribution in [0.5, 0.6) is 0 Å². The molecule has 0 aliphatic heterocycles. The fourth-order valence-corrected chi connectivity index (χ4v) is 2.54. The summed E-state index contributed by atoms with van der Waals surface area (Å²) in [7, 11) is 0. The summed E-state index contributed by atoms with van der Waals surface area (Å²) < 4.78 is 16.9. The molecule has 1 aromatic heterocycles. The molecule has 0 radical (unpaired) electrons. The quantitative estimate of drug-likeness (QED) is 0.905. The predicted molar refractivity (Wildman–Crippen MR) is 69.0 cm³/mol. The van der Waals surface area contributed by atoms with Crippen LogP contribution in [0.1, 0.15) is 35.6 Å². The maximum atomic E-state index is 13.1. The van der Waals surface area contributed by atoms with E-state index in [2.05, 4.69) is 16.5 Å². The van der Waals surface area contributed by atoms with Gasteiger partial charge in [-0.1, -0.05) is 30.0 Å². The Bertz CT molecular complexity index is 515. The number of aromatic nitrogens is 2. The van der Waals surface area contributed by atoms with E-state index in [-0.39, 0.29) is 5.82 Å². The molecule has 1 aromatic carbocycles. The minimum absolute atomic E-state index is 0.282. The van der Waals surface area contributed by atoms with Gasteiger partial charge in [0.2, 0.25) is 0 Å². The van der Waals surface area contributed by atoms with Gasteiger partial charge in [0.25, 0.3) is 0 Å². The highest BCUT2D eigenvalue weighted by atomic mass is 32.1. The fourth-order valence-electron chi connectivity index (χ4n) is 1.86. The first-order valence-corrected chi connectivity index (χ1v) is 6.71. The zero-order chi connectivity index (χ0) is 13.0. The second-order valence-corrected chi connectivity index (χ2v) is 4.97. The van der Waals surface area contributed by atoms with Crippen LogP contribution in [0.3, 0.4) is 0 Å². The number of benzene rings is 1. The SMILES string of the molecule is CCCc1nnsc1C(O)Cc1cccc(F)c1. The number of rotatable bonds is 5. The van der Waals surface area contributed by atoms with Gasteiger partial charge in [-0.25, -0.2) is 4.39 Å². The second kappa shape index (κ2) is 6.02. The summed E-state index contributed by atoms with van der Waals surface area (Å²) >= 11 is 1.22. The number of hydrogen-bond acceptors (Lipinski definition) is 4. The summed E-state index contributed by atoms with van der Waals surface area (Å²) in [5.74, 6) is -0.282. The van der Waals surface area contributed by atoms with E-state index >= 15 is 0 Å². The highest BCUT2D eigenvalue weighted by Gasteiger charge is 2.17. The van der Waals surface area contributed by atoms with E-state index < -0.39 is 6.10 Å². The van der Waals surface area contributed by atoms with Crippen LogP contribution >= 0.6 is 11.5 Å². The topological polar surface area (TPSA) is 46.0 Å². The summed E-state index contributed by atoms with van der Waals surface area (Å²) in [5.41, 5.74) is 1.63. The van der Waals surface area contributed by atoms with Crippen molar-refractivity contribution in [2.45, 2.75) is 32.3 Å². The number of halogens is 1. The third kappa shape index (κ3) is 3.11. The average molecular weight is 266 g/mol. The number of hydrogen-bond donors (Lipinski definition) is 1. The molecule has 96 valence electrons. The summed E-state index contributed by atoms with van der Waals surface area (Å²) in [6, 6.07) is 6.29. The smallest absolute Gasteiger partial charge is 0.123 e. The van der Waals surface area contributed by atoms with Gasteiger partial charge in [-0.05, 0) is 35.6 Å². The molecule has 0 bridgehead atoms. The highest BCUT2D eigenvalue weighted by Crippen LogP contribution is 2.25. The van der Waals surface area contributed by atoms with E-state index in [1.165, 1.54) is 23.7 Å². The molecule has 1 N–H and O–H groups in total. The van der Waals surface area contributed by atoms with Gasteiger partial charge in [0, 0.05) is 6.42 Å². The lowest BCUT2D eigenvalue weighted by Crippen LogP contribution is -2.03. The molecule has 0 saturated heterocycles. The van der Waals surface area contributed by atoms with Crippen LogP contribution in [0.25, 0.3) is 0 Å². The molecule has 3 nitrogen and oxygen atoms in total. The summed E-state index contributed by atoms with van der Waals surface area (Å²) in [6.07, 6.45) is 1.50. The number of aliphatic hydroxyl groups excluding tert-OH is 1. The molecule has 0 fully saturated rings. The van der Waals surface area contributed by atoms with Gasteiger partial charge in [0.1, 0.15) is 5.82 Å². The largest absolute Gasteiger partial charge is 0.387 e. The monoisotopic (exact) mass is 266 g/mol. The maximum Gasteiger partial charge on any atom is 0.123 e. The molecule has 5 heteroatoms. The Balaban J connectivity index is 2.11. The van der Waals surface area contributed by atoms with Crippen molar-refractivity contribution in [2.24, 2.45) is 0 Å². The summed E-state index contributed by atoms with van der Waals surface area (Å²) in [4.78, 5) is 0.793. The van der Waals surface area contributed by atoms with Gasteiger partial charge in [-0.15, -0.1) is 5.10 Å².